The Kier molecular flexibility index (Phi) is 2.73. The zero-order valence-corrected chi connectivity index (χ0v) is 8.07. The van der Waals surface area contributed by atoms with Crippen LogP contribution in [-0.2, 0) is 4.74 Å². The Balaban J connectivity index is 2.22. The summed E-state index contributed by atoms with van der Waals surface area (Å²) in [7, 11) is 0. The van der Waals surface area contributed by atoms with E-state index in [4.69, 9.17) is 5.73 Å². The minimum atomic E-state index is -1.89. The lowest BCUT2D eigenvalue weighted by molar-refractivity contribution is -0.106. The average molecular weight is 214 g/mol. The number of hydrogen-bond donors (Lipinski definition) is 1. The molecule has 5 heteroatoms. The summed E-state index contributed by atoms with van der Waals surface area (Å²) in [6.45, 7) is 0.501. The molecule has 1 aromatic rings. The van der Waals surface area contributed by atoms with Gasteiger partial charge in [-0.05, 0) is 18.2 Å². The molecule has 0 spiro atoms. The molecule has 82 valence electrons. The Morgan fingerprint density at radius 1 is 1.40 bits per heavy atom. The van der Waals surface area contributed by atoms with Gasteiger partial charge in [0.2, 0.25) is 12.7 Å². The summed E-state index contributed by atoms with van der Waals surface area (Å²) >= 11 is 0. The number of morpholine rings is 1. The summed E-state index contributed by atoms with van der Waals surface area (Å²) in [4.78, 5) is 1.31. The molecule has 1 aliphatic heterocycles. The van der Waals surface area contributed by atoms with E-state index in [-0.39, 0.29) is 6.61 Å². The number of benzene rings is 1. The molecule has 0 aliphatic carbocycles. The molecule has 0 radical (unpaired) electrons. The fraction of sp³-hybridized carbons (Fsp3) is 0.400. The SMILES string of the molecule is Nc1cccc(N2CCOC(F)C2F)c1. The van der Waals surface area contributed by atoms with Crippen molar-refractivity contribution in [2.24, 2.45) is 0 Å². The maximum atomic E-state index is 13.4. The fourth-order valence-electron chi connectivity index (χ4n) is 1.58. The number of alkyl halides is 2. The van der Waals surface area contributed by atoms with Gasteiger partial charge in [-0.2, -0.15) is 0 Å². The lowest BCUT2D eigenvalue weighted by atomic mass is 10.2. The summed E-state index contributed by atoms with van der Waals surface area (Å²) in [5, 5.41) is 0. The van der Waals surface area contributed by atoms with E-state index < -0.39 is 12.7 Å². The van der Waals surface area contributed by atoms with Crippen LogP contribution in [0, 0.1) is 0 Å². The van der Waals surface area contributed by atoms with Crippen LogP contribution in [0.4, 0.5) is 20.2 Å². The largest absolute Gasteiger partial charge is 0.399 e. The van der Waals surface area contributed by atoms with Gasteiger partial charge in [-0.15, -0.1) is 0 Å². The van der Waals surface area contributed by atoms with Gasteiger partial charge in [0.1, 0.15) is 0 Å². The first-order valence-corrected chi connectivity index (χ1v) is 4.70. The van der Waals surface area contributed by atoms with Crippen LogP contribution in [0.15, 0.2) is 24.3 Å². The molecular formula is C10H12F2N2O. The van der Waals surface area contributed by atoms with E-state index in [0.717, 1.165) is 0 Å². The molecule has 0 amide bonds. The van der Waals surface area contributed by atoms with E-state index in [1.54, 1.807) is 24.3 Å². The maximum Gasteiger partial charge on any atom is 0.249 e. The number of nitrogen functional groups attached to an aromatic ring is 1. The molecule has 15 heavy (non-hydrogen) atoms. The van der Waals surface area contributed by atoms with Crippen LogP contribution in [0.25, 0.3) is 0 Å². The molecule has 1 aromatic carbocycles. The summed E-state index contributed by atoms with van der Waals surface area (Å²) in [6, 6.07) is 6.72. The van der Waals surface area contributed by atoms with Crippen LogP contribution in [0.1, 0.15) is 0 Å². The highest BCUT2D eigenvalue weighted by atomic mass is 19.2. The van der Waals surface area contributed by atoms with E-state index in [9.17, 15) is 8.78 Å². The van der Waals surface area contributed by atoms with E-state index in [2.05, 4.69) is 4.74 Å². The molecule has 2 atom stereocenters. The predicted octanol–water partition coefficient (Wildman–Crippen LogP) is 1.70. The van der Waals surface area contributed by atoms with E-state index in [0.29, 0.717) is 17.9 Å². The van der Waals surface area contributed by atoms with Gasteiger partial charge in [0.05, 0.1) is 6.61 Å². The molecule has 0 aromatic heterocycles. The molecule has 3 nitrogen and oxygen atoms in total. The summed E-state index contributed by atoms with van der Waals surface area (Å²) in [5.41, 5.74) is 6.68. The molecule has 2 N–H and O–H groups in total. The Hall–Kier alpha value is -1.36. The number of nitrogens with zero attached hydrogens (tertiary/aromatic N) is 1. The number of nitrogens with two attached hydrogens (primary N) is 1. The zero-order valence-electron chi connectivity index (χ0n) is 8.07. The molecule has 1 heterocycles. The summed E-state index contributed by atoms with van der Waals surface area (Å²) in [6.07, 6.45) is -3.65. The first-order chi connectivity index (χ1) is 7.18. The summed E-state index contributed by atoms with van der Waals surface area (Å²) in [5.74, 6) is 0. The van der Waals surface area contributed by atoms with Crippen LogP contribution < -0.4 is 10.6 Å². The third-order valence-electron chi connectivity index (χ3n) is 2.33. The van der Waals surface area contributed by atoms with Crippen LogP contribution in [0.2, 0.25) is 0 Å². The van der Waals surface area contributed by atoms with Crippen molar-refractivity contribution in [2.45, 2.75) is 12.7 Å². The Labute approximate surface area is 86.4 Å². The van der Waals surface area contributed by atoms with Crippen molar-refractivity contribution in [3.05, 3.63) is 24.3 Å². The molecule has 1 saturated heterocycles. The number of hydrogen-bond acceptors (Lipinski definition) is 3. The van der Waals surface area contributed by atoms with Crippen molar-refractivity contribution in [2.75, 3.05) is 23.8 Å². The smallest absolute Gasteiger partial charge is 0.249 e. The quantitative estimate of drug-likeness (QED) is 0.571. The van der Waals surface area contributed by atoms with Gasteiger partial charge in [0.25, 0.3) is 0 Å². The highest BCUT2D eigenvalue weighted by molar-refractivity contribution is 5.56. The highest BCUT2D eigenvalue weighted by Crippen LogP contribution is 2.25. The summed E-state index contributed by atoms with van der Waals surface area (Å²) < 4.78 is 30.9. The Morgan fingerprint density at radius 3 is 2.93 bits per heavy atom. The van der Waals surface area contributed by atoms with Gasteiger partial charge >= 0.3 is 0 Å². The van der Waals surface area contributed by atoms with Gasteiger partial charge in [-0.25, -0.2) is 8.78 Å². The molecule has 2 rings (SSSR count). The second kappa shape index (κ2) is 4.02. The fourth-order valence-corrected chi connectivity index (χ4v) is 1.58. The minimum Gasteiger partial charge on any atom is -0.399 e. The molecule has 1 aliphatic rings. The van der Waals surface area contributed by atoms with Gasteiger partial charge in [-0.3, -0.25) is 0 Å². The zero-order chi connectivity index (χ0) is 10.8. The average Bonchev–Trinajstić information content (AvgIpc) is 2.22. The van der Waals surface area contributed by atoms with Gasteiger partial charge < -0.3 is 15.4 Å². The first-order valence-electron chi connectivity index (χ1n) is 4.70. The van der Waals surface area contributed by atoms with Crippen molar-refractivity contribution in [3.63, 3.8) is 0 Å². The predicted molar refractivity (Wildman–Crippen MR) is 53.9 cm³/mol. The van der Waals surface area contributed by atoms with Gasteiger partial charge in [0.15, 0.2) is 0 Å². The highest BCUT2D eigenvalue weighted by Gasteiger charge is 2.32. The standard InChI is InChI=1S/C10H12F2N2O/c11-9-10(12)15-5-4-14(9)8-3-1-2-7(13)6-8/h1-3,6,9-10H,4-5,13H2. The Morgan fingerprint density at radius 2 is 2.20 bits per heavy atom. The minimum absolute atomic E-state index is 0.177. The first kappa shape index (κ1) is 10.2. The van der Waals surface area contributed by atoms with Crippen molar-refractivity contribution in [1.29, 1.82) is 0 Å². The van der Waals surface area contributed by atoms with Crippen LogP contribution in [0.5, 0.6) is 0 Å². The van der Waals surface area contributed by atoms with Crippen molar-refractivity contribution in [3.8, 4) is 0 Å². The van der Waals surface area contributed by atoms with Crippen molar-refractivity contribution >= 4 is 11.4 Å². The molecule has 2 unspecified atom stereocenters. The van der Waals surface area contributed by atoms with E-state index >= 15 is 0 Å². The van der Waals surface area contributed by atoms with Crippen LogP contribution in [-0.4, -0.2) is 25.8 Å². The molecule has 0 saturated carbocycles. The topological polar surface area (TPSA) is 38.5 Å². The molecule has 0 bridgehead atoms. The van der Waals surface area contributed by atoms with Crippen LogP contribution >= 0.6 is 0 Å². The van der Waals surface area contributed by atoms with Crippen molar-refractivity contribution in [1.82, 2.24) is 0 Å². The van der Waals surface area contributed by atoms with Gasteiger partial charge in [-0.1, -0.05) is 6.07 Å². The van der Waals surface area contributed by atoms with E-state index in [1.807, 2.05) is 0 Å². The lowest BCUT2D eigenvalue weighted by Crippen LogP contribution is -2.47. The number of halogens is 2. The van der Waals surface area contributed by atoms with Crippen LogP contribution in [0.3, 0.4) is 0 Å². The maximum absolute atomic E-state index is 13.4. The number of anilines is 2. The normalized spacial score (nSPS) is 26.7. The Bertz CT molecular complexity index is 348. The lowest BCUT2D eigenvalue weighted by Gasteiger charge is -2.34. The second-order valence-electron chi connectivity index (χ2n) is 3.38. The van der Waals surface area contributed by atoms with Crippen molar-refractivity contribution < 1.29 is 13.5 Å². The monoisotopic (exact) mass is 214 g/mol. The van der Waals surface area contributed by atoms with Gasteiger partial charge in [0, 0.05) is 17.9 Å². The third kappa shape index (κ3) is 2.02. The number of rotatable bonds is 1. The van der Waals surface area contributed by atoms with E-state index in [1.165, 1.54) is 4.90 Å². The second-order valence-corrected chi connectivity index (χ2v) is 3.38. The molecule has 1 fully saturated rings. The molecular weight excluding hydrogens is 202 g/mol. The third-order valence-corrected chi connectivity index (χ3v) is 2.33. The number of ether oxygens (including phenoxy) is 1.